The molecule has 0 radical (unpaired) electrons. The van der Waals surface area contributed by atoms with Gasteiger partial charge in [-0.3, -0.25) is 0 Å². The number of benzene rings is 2. The van der Waals surface area contributed by atoms with Gasteiger partial charge in [-0.2, -0.15) is 0 Å². The third-order valence-corrected chi connectivity index (χ3v) is 6.21. The number of nitrogens with zero attached hydrogens (tertiary/aromatic N) is 1. The van der Waals surface area contributed by atoms with E-state index in [9.17, 15) is 5.11 Å². The molecule has 0 saturated heterocycles. The van der Waals surface area contributed by atoms with E-state index in [1.165, 1.54) is 0 Å². The molecule has 4 heteroatoms. The minimum atomic E-state index is -0.484. The molecule has 3 nitrogen and oxygen atoms in total. The van der Waals surface area contributed by atoms with Crippen LogP contribution in [0.5, 0.6) is 11.5 Å². The van der Waals surface area contributed by atoms with Gasteiger partial charge < -0.3 is 14.7 Å². The summed E-state index contributed by atoms with van der Waals surface area (Å²) in [7, 11) is 0. The Bertz CT molecular complexity index is 763. The minimum Gasteiger partial charge on any atom is -0.455 e. The molecule has 1 atom stereocenters. The molecule has 0 bridgehead atoms. The number of fused-ring (bicyclic) bond motifs is 2. The highest BCUT2D eigenvalue weighted by Gasteiger charge is 2.20. The zero-order chi connectivity index (χ0) is 20.1. The maximum atomic E-state index is 10.9. The first-order valence-corrected chi connectivity index (χ1v) is 11.2. The molecule has 1 N–H and O–H groups in total. The largest absolute Gasteiger partial charge is 0.455 e. The molecular weight excluding hydrogens is 366 g/mol. The molecule has 0 aliphatic carbocycles. The molecule has 1 unspecified atom stereocenters. The number of ether oxygens (including phenoxy) is 1. The van der Waals surface area contributed by atoms with E-state index in [-0.39, 0.29) is 0 Å². The summed E-state index contributed by atoms with van der Waals surface area (Å²) in [6.07, 6.45) is 1.84. The number of para-hydroxylation sites is 1. The van der Waals surface area contributed by atoms with Crippen LogP contribution in [0.3, 0.4) is 0 Å². The van der Waals surface area contributed by atoms with Gasteiger partial charge in [-0.05, 0) is 67.6 Å². The van der Waals surface area contributed by atoms with E-state index in [1.807, 2.05) is 30.3 Å². The molecule has 0 saturated carbocycles. The van der Waals surface area contributed by atoms with Crippen molar-refractivity contribution in [1.29, 1.82) is 0 Å². The smallest absolute Gasteiger partial charge is 0.141 e. The molecule has 1 aliphatic rings. The molecule has 28 heavy (non-hydrogen) atoms. The second-order valence-corrected chi connectivity index (χ2v) is 9.62. The zero-order valence-corrected chi connectivity index (χ0v) is 18.3. The van der Waals surface area contributed by atoms with Crippen LogP contribution in [0.4, 0.5) is 0 Å². The van der Waals surface area contributed by atoms with E-state index in [1.54, 1.807) is 11.8 Å². The van der Waals surface area contributed by atoms with Crippen LogP contribution in [0.2, 0.25) is 0 Å². The molecule has 3 rings (SSSR count). The van der Waals surface area contributed by atoms with Crippen LogP contribution in [-0.4, -0.2) is 29.6 Å². The first-order chi connectivity index (χ1) is 13.4. The number of rotatable bonds is 9. The van der Waals surface area contributed by atoms with Gasteiger partial charge in [-0.25, -0.2) is 0 Å². The summed E-state index contributed by atoms with van der Waals surface area (Å²) < 4.78 is 6.01. The van der Waals surface area contributed by atoms with Crippen LogP contribution < -0.4 is 4.74 Å². The Morgan fingerprint density at radius 2 is 1.54 bits per heavy atom. The van der Waals surface area contributed by atoms with Gasteiger partial charge in [0.15, 0.2) is 0 Å². The second-order valence-electron chi connectivity index (χ2n) is 8.54. The van der Waals surface area contributed by atoms with Crippen LogP contribution in [0.1, 0.15) is 52.2 Å². The Labute approximate surface area is 174 Å². The van der Waals surface area contributed by atoms with Crippen molar-refractivity contribution >= 4 is 11.8 Å². The van der Waals surface area contributed by atoms with Gasteiger partial charge in [0.25, 0.3) is 0 Å². The number of aliphatic hydroxyl groups is 1. The molecule has 152 valence electrons. The standard InChI is InChI=1S/C24H33NO2S/c1-17(2)11-13-25(14-12-18(3)4)16-20(26)19-9-10-22-24(15-19)28-23-8-6-5-7-21(23)27-22/h5-10,15,17-18,20,26H,11-14,16H2,1-4H3. The van der Waals surface area contributed by atoms with Gasteiger partial charge in [0, 0.05) is 6.54 Å². The number of aliphatic hydroxyl groups excluding tert-OH is 1. The summed E-state index contributed by atoms with van der Waals surface area (Å²) in [6.45, 7) is 11.8. The van der Waals surface area contributed by atoms with Crippen LogP contribution in [0, 0.1) is 11.8 Å². The zero-order valence-electron chi connectivity index (χ0n) is 17.5. The minimum absolute atomic E-state index is 0.484. The van der Waals surface area contributed by atoms with Crippen molar-refractivity contribution in [2.45, 2.75) is 56.4 Å². The van der Waals surface area contributed by atoms with Crippen LogP contribution >= 0.6 is 11.8 Å². The highest BCUT2D eigenvalue weighted by molar-refractivity contribution is 7.99. The van der Waals surface area contributed by atoms with Crippen molar-refractivity contribution in [1.82, 2.24) is 4.90 Å². The summed E-state index contributed by atoms with van der Waals surface area (Å²) in [5.74, 6) is 3.13. The normalized spacial score (nSPS) is 14.1. The van der Waals surface area contributed by atoms with E-state index in [4.69, 9.17) is 4.74 Å². The summed E-state index contributed by atoms with van der Waals surface area (Å²) in [4.78, 5) is 4.62. The Morgan fingerprint density at radius 1 is 0.893 bits per heavy atom. The fourth-order valence-corrected chi connectivity index (χ4v) is 4.28. The monoisotopic (exact) mass is 399 g/mol. The van der Waals surface area contributed by atoms with Crippen LogP contribution in [0.25, 0.3) is 0 Å². The SMILES string of the molecule is CC(C)CCN(CCC(C)C)CC(O)c1ccc2c(c1)Sc1ccccc1O2. The molecule has 0 spiro atoms. The molecule has 2 aromatic rings. The molecule has 1 aliphatic heterocycles. The van der Waals surface area contributed by atoms with Gasteiger partial charge >= 0.3 is 0 Å². The van der Waals surface area contributed by atoms with E-state index in [2.05, 4.69) is 44.7 Å². The van der Waals surface area contributed by atoms with E-state index < -0.39 is 6.10 Å². The highest BCUT2D eigenvalue weighted by atomic mass is 32.2. The van der Waals surface area contributed by atoms with E-state index >= 15 is 0 Å². The number of hydrogen-bond acceptors (Lipinski definition) is 4. The fraction of sp³-hybridized carbons (Fsp3) is 0.500. The summed E-state index contributed by atoms with van der Waals surface area (Å²) >= 11 is 1.71. The summed E-state index contributed by atoms with van der Waals surface area (Å²) in [5.41, 5.74) is 0.966. The molecule has 2 aromatic carbocycles. The first-order valence-electron chi connectivity index (χ1n) is 10.4. The topological polar surface area (TPSA) is 32.7 Å². The third-order valence-electron chi connectivity index (χ3n) is 5.12. The molecular formula is C24H33NO2S. The van der Waals surface area contributed by atoms with E-state index in [0.29, 0.717) is 18.4 Å². The average molecular weight is 400 g/mol. The predicted molar refractivity (Wildman–Crippen MR) is 117 cm³/mol. The maximum absolute atomic E-state index is 10.9. The average Bonchev–Trinajstić information content (AvgIpc) is 2.67. The van der Waals surface area contributed by atoms with Crippen molar-refractivity contribution in [3.05, 3.63) is 48.0 Å². The molecule has 0 amide bonds. The van der Waals surface area contributed by atoms with Crippen molar-refractivity contribution in [3.8, 4) is 11.5 Å². The summed E-state index contributed by atoms with van der Waals surface area (Å²) in [6, 6.07) is 14.2. The van der Waals surface area contributed by atoms with Crippen LogP contribution in [0.15, 0.2) is 52.3 Å². The van der Waals surface area contributed by atoms with Crippen molar-refractivity contribution in [2.24, 2.45) is 11.8 Å². The van der Waals surface area contributed by atoms with Gasteiger partial charge in [0.05, 0.1) is 15.9 Å². The lowest BCUT2D eigenvalue weighted by molar-refractivity contribution is 0.107. The lowest BCUT2D eigenvalue weighted by Crippen LogP contribution is -2.32. The van der Waals surface area contributed by atoms with Gasteiger partial charge in [0.1, 0.15) is 11.5 Å². The Morgan fingerprint density at radius 3 is 2.21 bits per heavy atom. The lowest BCUT2D eigenvalue weighted by Gasteiger charge is -2.27. The van der Waals surface area contributed by atoms with Crippen molar-refractivity contribution < 1.29 is 9.84 Å². The highest BCUT2D eigenvalue weighted by Crippen LogP contribution is 2.47. The molecule has 0 aromatic heterocycles. The first kappa shape index (κ1) is 21.2. The van der Waals surface area contributed by atoms with Crippen LogP contribution in [-0.2, 0) is 0 Å². The Kier molecular flexibility index (Phi) is 7.44. The van der Waals surface area contributed by atoms with Crippen molar-refractivity contribution in [2.75, 3.05) is 19.6 Å². The maximum Gasteiger partial charge on any atom is 0.141 e. The quantitative estimate of drug-likeness (QED) is 0.453. The Hall–Kier alpha value is -1.49. The lowest BCUT2D eigenvalue weighted by atomic mass is 10.1. The number of hydrogen-bond donors (Lipinski definition) is 1. The molecule has 1 heterocycles. The third kappa shape index (κ3) is 5.76. The van der Waals surface area contributed by atoms with Crippen molar-refractivity contribution in [3.63, 3.8) is 0 Å². The van der Waals surface area contributed by atoms with Gasteiger partial charge in [-0.15, -0.1) is 0 Å². The van der Waals surface area contributed by atoms with Gasteiger partial charge in [-0.1, -0.05) is 57.7 Å². The molecule has 0 fully saturated rings. The summed E-state index contributed by atoms with van der Waals surface area (Å²) in [5, 5.41) is 10.9. The predicted octanol–water partition coefficient (Wildman–Crippen LogP) is 6.37. The van der Waals surface area contributed by atoms with Gasteiger partial charge in [0.2, 0.25) is 0 Å². The van der Waals surface area contributed by atoms with E-state index in [0.717, 1.165) is 52.8 Å². The fourth-order valence-electron chi connectivity index (χ4n) is 3.28. The second kappa shape index (κ2) is 9.82. The Balaban J connectivity index is 1.68.